The maximum Gasteiger partial charge on any atom is 0.472 e. The summed E-state index contributed by atoms with van der Waals surface area (Å²) in [6.07, 6.45) is 66.1. The average Bonchev–Trinajstić information content (AvgIpc) is 3.37. The number of allylic oxidation sites excluding steroid dienone is 21. The molecule has 0 rings (SSSR count). The highest BCUT2D eigenvalue weighted by molar-refractivity contribution is 7.47. The molecule has 3 unspecified atom stereocenters. The number of ether oxygens (including phenoxy) is 3. The van der Waals surface area contributed by atoms with Crippen molar-refractivity contribution < 1.29 is 52.2 Å². The molecule has 72 heavy (non-hydrogen) atoms. The van der Waals surface area contributed by atoms with Gasteiger partial charge >= 0.3 is 25.7 Å². The molecule has 3 atom stereocenters. The van der Waals surface area contributed by atoms with Crippen molar-refractivity contribution in [1.29, 1.82) is 0 Å². The molecular weight excluding hydrogens is 928 g/mol. The number of hydrogen-bond acceptors (Lipinski definition) is 10. The van der Waals surface area contributed by atoms with E-state index in [1.807, 2.05) is 30.4 Å². The third-order valence-electron chi connectivity index (χ3n) is 10.6. The van der Waals surface area contributed by atoms with Crippen LogP contribution in [0.4, 0.5) is 0 Å². The fourth-order valence-electron chi connectivity index (χ4n) is 6.57. The zero-order valence-corrected chi connectivity index (χ0v) is 45.5. The number of aliphatic hydroxyl groups excluding tert-OH is 1. The van der Waals surface area contributed by atoms with E-state index in [1.165, 1.54) is 44.9 Å². The Hall–Kier alpha value is -4.38. The first-order valence-corrected chi connectivity index (χ1v) is 28.6. The highest BCUT2D eigenvalue weighted by atomic mass is 31.2. The predicted molar refractivity (Wildman–Crippen MR) is 297 cm³/mol. The van der Waals surface area contributed by atoms with Gasteiger partial charge in [0.15, 0.2) is 6.10 Å². The SMILES string of the molecule is CC/C=C\C/C=C\C/C=C\C/C=C\C/C=C\C/C=C\CCC(=O)OCC(COP(=O)(O)OCC(CO)OC(=O)CCCCCCCCCCCCC)OC(=O)C/C=C\C/C=C\C/C=C\C/C=C\C/C=C\CC. The van der Waals surface area contributed by atoms with E-state index in [0.717, 1.165) is 83.5 Å². The Bertz CT molecular complexity index is 1710. The Kier molecular flexibility index (Phi) is 49.7. The van der Waals surface area contributed by atoms with Crippen molar-refractivity contribution in [1.82, 2.24) is 0 Å². The second-order valence-electron chi connectivity index (χ2n) is 17.3. The minimum atomic E-state index is -4.79. The summed E-state index contributed by atoms with van der Waals surface area (Å²) in [6.45, 7) is 4.18. The number of rotatable bonds is 48. The molecule has 0 aliphatic heterocycles. The molecule has 0 heterocycles. The van der Waals surface area contributed by atoms with Crippen molar-refractivity contribution in [2.24, 2.45) is 0 Å². The average molecular weight is 1020 g/mol. The van der Waals surface area contributed by atoms with Gasteiger partial charge in [-0.2, -0.15) is 0 Å². The summed E-state index contributed by atoms with van der Waals surface area (Å²) < 4.78 is 39.2. The van der Waals surface area contributed by atoms with Gasteiger partial charge in [0.2, 0.25) is 0 Å². The zero-order chi connectivity index (χ0) is 52.7. The molecule has 2 N–H and O–H groups in total. The summed E-state index contributed by atoms with van der Waals surface area (Å²) >= 11 is 0. The molecule has 12 heteroatoms. The van der Waals surface area contributed by atoms with Crippen molar-refractivity contribution >= 4 is 25.7 Å². The van der Waals surface area contributed by atoms with Gasteiger partial charge in [-0.3, -0.25) is 23.4 Å². The Labute approximate surface area is 436 Å². The Morgan fingerprint density at radius 2 is 0.778 bits per heavy atom. The first-order chi connectivity index (χ1) is 35.2. The van der Waals surface area contributed by atoms with E-state index < -0.39 is 64.4 Å². The number of phosphoric ester groups is 1. The van der Waals surface area contributed by atoms with Crippen LogP contribution >= 0.6 is 7.82 Å². The number of hydrogen-bond donors (Lipinski definition) is 2. The molecule has 0 aromatic carbocycles. The summed E-state index contributed by atoms with van der Waals surface area (Å²) in [5, 5.41) is 9.77. The molecule has 11 nitrogen and oxygen atoms in total. The van der Waals surface area contributed by atoms with Crippen LogP contribution in [0, 0.1) is 0 Å². The molecular formula is C60H95O11P. The fourth-order valence-corrected chi connectivity index (χ4v) is 7.36. The van der Waals surface area contributed by atoms with Gasteiger partial charge in [0.05, 0.1) is 26.2 Å². The molecule has 0 saturated carbocycles. The highest BCUT2D eigenvalue weighted by Crippen LogP contribution is 2.43. The summed E-state index contributed by atoms with van der Waals surface area (Å²) in [5.74, 6) is -1.74. The largest absolute Gasteiger partial charge is 0.472 e. The third kappa shape index (κ3) is 50.6. The van der Waals surface area contributed by atoms with Gasteiger partial charge in [-0.1, -0.05) is 219 Å². The molecule has 0 spiro atoms. The molecule has 0 aliphatic carbocycles. The van der Waals surface area contributed by atoms with Gasteiger partial charge < -0.3 is 24.2 Å². The summed E-state index contributed by atoms with van der Waals surface area (Å²) in [6, 6.07) is 0. The van der Waals surface area contributed by atoms with Crippen LogP contribution in [0.25, 0.3) is 0 Å². The number of phosphoric acid groups is 1. The quantitative estimate of drug-likeness (QED) is 0.0197. The van der Waals surface area contributed by atoms with E-state index in [4.69, 9.17) is 23.3 Å². The van der Waals surface area contributed by atoms with E-state index in [1.54, 1.807) is 6.08 Å². The number of aliphatic hydroxyl groups is 1. The van der Waals surface area contributed by atoms with Gasteiger partial charge in [0, 0.05) is 12.8 Å². The normalized spacial score (nSPS) is 14.5. The van der Waals surface area contributed by atoms with Crippen LogP contribution in [0.15, 0.2) is 134 Å². The smallest absolute Gasteiger partial charge is 0.462 e. The van der Waals surface area contributed by atoms with Gasteiger partial charge in [0.25, 0.3) is 0 Å². The van der Waals surface area contributed by atoms with Crippen molar-refractivity contribution in [2.45, 2.75) is 200 Å². The van der Waals surface area contributed by atoms with Gasteiger partial charge in [-0.15, -0.1) is 0 Å². The number of carbonyl (C=O) groups excluding carboxylic acids is 3. The maximum absolute atomic E-state index is 12.9. The highest BCUT2D eigenvalue weighted by Gasteiger charge is 2.28. The molecule has 406 valence electrons. The van der Waals surface area contributed by atoms with Crippen LogP contribution in [-0.2, 0) is 42.2 Å². The molecule has 0 aliphatic rings. The van der Waals surface area contributed by atoms with Crippen LogP contribution < -0.4 is 0 Å². The second-order valence-corrected chi connectivity index (χ2v) is 18.8. The van der Waals surface area contributed by atoms with Crippen LogP contribution in [0.5, 0.6) is 0 Å². The minimum Gasteiger partial charge on any atom is -0.462 e. The van der Waals surface area contributed by atoms with E-state index in [-0.39, 0.29) is 19.3 Å². The van der Waals surface area contributed by atoms with E-state index in [9.17, 15) is 28.9 Å². The van der Waals surface area contributed by atoms with Crippen LogP contribution in [0.3, 0.4) is 0 Å². The standard InChI is InChI=1S/C60H95O11P/c1-4-7-10-13-16-19-22-24-26-27-28-29-31-32-35-37-40-43-46-49-58(62)67-53-57(71-60(64)51-48-45-42-39-36-33-30-25-23-20-17-14-11-8-5-2)55-69-72(65,66)68-54-56(52-61)70-59(63)50-47-44-41-38-34-21-18-15-12-9-6-3/h7-8,10-11,16-17,19-20,24-26,28-30,32,35-36,39-40,43,45,48,56-57,61H,4-6,9,12-15,18,21-23,27,31,33-34,37-38,41-42,44,46-47,49-55H2,1-3H3,(H,65,66)/b10-7-,11-8-,19-16-,20-17-,26-24-,29-28-,30-25-,35-32-,39-36-,43-40-,48-45-. The van der Waals surface area contributed by atoms with Crippen LogP contribution in [-0.4, -0.2) is 66.5 Å². The van der Waals surface area contributed by atoms with Crippen LogP contribution in [0.2, 0.25) is 0 Å². The van der Waals surface area contributed by atoms with E-state index in [0.29, 0.717) is 19.3 Å². The maximum atomic E-state index is 12.9. The lowest BCUT2D eigenvalue weighted by atomic mass is 10.1. The Morgan fingerprint density at radius 1 is 0.417 bits per heavy atom. The van der Waals surface area contributed by atoms with Crippen LogP contribution in [0.1, 0.15) is 188 Å². The summed E-state index contributed by atoms with van der Waals surface area (Å²) in [4.78, 5) is 48.3. The Morgan fingerprint density at radius 3 is 1.19 bits per heavy atom. The molecule has 0 radical (unpaired) electrons. The monoisotopic (exact) mass is 1020 g/mol. The minimum absolute atomic E-state index is 0.0753. The zero-order valence-electron chi connectivity index (χ0n) is 44.6. The van der Waals surface area contributed by atoms with Crippen molar-refractivity contribution in [3.05, 3.63) is 134 Å². The number of esters is 3. The second kappa shape index (κ2) is 52.9. The van der Waals surface area contributed by atoms with Crippen molar-refractivity contribution in [3.8, 4) is 0 Å². The molecule has 0 fully saturated rings. The number of carbonyl (C=O) groups is 3. The molecule has 0 aromatic heterocycles. The lowest BCUT2D eigenvalue weighted by Crippen LogP contribution is -2.30. The number of unbranched alkanes of at least 4 members (excludes halogenated alkanes) is 10. The fraction of sp³-hybridized carbons (Fsp3) is 0.583. The van der Waals surface area contributed by atoms with E-state index >= 15 is 0 Å². The summed E-state index contributed by atoms with van der Waals surface area (Å²) in [7, 11) is -4.79. The van der Waals surface area contributed by atoms with Crippen molar-refractivity contribution in [3.63, 3.8) is 0 Å². The van der Waals surface area contributed by atoms with Gasteiger partial charge in [-0.25, -0.2) is 4.57 Å². The Balaban J connectivity index is 4.97. The lowest BCUT2D eigenvalue weighted by Gasteiger charge is -2.21. The first-order valence-electron chi connectivity index (χ1n) is 27.1. The molecule has 0 saturated heterocycles. The first kappa shape index (κ1) is 67.6. The van der Waals surface area contributed by atoms with Gasteiger partial charge in [0.1, 0.15) is 12.7 Å². The summed E-state index contributed by atoms with van der Waals surface area (Å²) in [5.41, 5.74) is 0. The lowest BCUT2D eigenvalue weighted by molar-refractivity contribution is -0.160. The van der Waals surface area contributed by atoms with E-state index in [2.05, 4.69) is 118 Å². The predicted octanol–water partition coefficient (Wildman–Crippen LogP) is 15.8. The molecule has 0 bridgehead atoms. The molecule has 0 amide bonds. The van der Waals surface area contributed by atoms with Gasteiger partial charge in [-0.05, 0) is 83.5 Å². The third-order valence-corrected chi connectivity index (χ3v) is 11.6. The topological polar surface area (TPSA) is 155 Å². The molecule has 0 aromatic rings. The van der Waals surface area contributed by atoms with Crippen molar-refractivity contribution in [2.75, 3.05) is 26.4 Å².